The third-order valence-electron chi connectivity index (χ3n) is 9.05. The van der Waals surface area contributed by atoms with Crippen molar-refractivity contribution in [2.75, 3.05) is 86.0 Å². The largest absolute Gasteiger partial charge is 0.492 e. The quantitative estimate of drug-likeness (QED) is 0.0263. The fourth-order valence-corrected chi connectivity index (χ4v) is 6.13. The van der Waals surface area contributed by atoms with Crippen LogP contribution in [0.2, 0.25) is 0 Å². The number of hydrogen-bond donors (Lipinski definition) is 6. The van der Waals surface area contributed by atoms with E-state index in [2.05, 4.69) is 31.9 Å². The number of amides is 6. The van der Waals surface area contributed by atoms with Crippen molar-refractivity contribution in [2.45, 2.75) is 105 Å². The first kappa shape index (κ1) is 64.2. The number of benzene rings is 3. The number of carbonyl (C=O) groups excluding carboxylic acids is 7. The molecule has 0 saturated carbocycles. The molecule has 0 atom stereocenters. The maximum atomic E-state index is 13.5. The Kier molecular flexibility index (Phi) is 25.2. The maximum absolute atomic E-state index is 13.5. The van der Waals surface area contributed by atoms with E-state index in [1.807, 2.05) is 0 Å². The summed E-state index contributed by atoms with van der Waals surface area (Å²) >= 11 is 0. The molecule has 0 aliphatic rings. The van der Waals surface area contributed by atoms with Crippen LogP contribution in [0.15, 0.2) is 54.6 Å². The molecule has 0 heterocycles. The molecule has 6 N–H and O–H groups in total. The normalized spacial score (nSPS) is 11.3. The van der Waals surface area contributed by atoms with Crippen molar-refractivity contribution in [1.82, 2.24) is 31.9 Å². The van der Waals surface area contributed by atoms with Crippen LogP contribution in [-0.4, -0.2) is 151 Å². The summed E-state index contributed by atoms with van der Waals surface area (Å²) in [6.07, 6.45) is -2.47. The molecule has 0 fully saturated rings. The molecule has 24 nitrogen and oxygen atoms in total. The second kappa shape index (κ2) is 30.6. The number of rotatable bonds is 27. The molecule has 3 aromatic rings. The lowest BCUT2D eigenvalue weighted by atomic mass is 10.2. The van der Waals surface area contributed by atoms with Gasteiger partial charge in [-0.2, -0.15) is 0 Å². The van der Waals surface area contributed by atoms with Crippen molar-refractivity contribution in [3.05, 3.63) is 71.3 Å². The van der Waals surface area contributed by atoms with Gasteiger partial charge in [0.25, 0.3) is 11.8 Å². The van der Waals surface area contributed by atoms with Crippen LogP contribution in [0, 0.1) is 0 Å². The fraction of sp³-hybridized carbons (Fsp3) is 0.537. The Morgan fingerprint density at radius 1 is 0.321 bits per heavy atom. The topological polar surface area (TPSA) is 293 Å². The first-order valence-corrected chi connectivity index (χ1v) is 25.2. The molecule has 3 aromatic carbocycles. The summed E-state index contributed by atoms with van der Waals surface area (Å²) < 4.78 is 61.1. The van der Waals surface area contributed by atoms with E-state index in [1.165, 1.54) is 49.6 Å². The number of hydrogen-bond acceptors (Lipinski definition) is 18. The number of ether oxygens (including phenoxy) is 11. The molecule has 78 heavy (non-hydrogen) atoms. The van der Waals surface area contributed by atoms with E-state index in [-0.39, 0.29) is 130 Å². The number of carbonyl (C=O) groups is 7. The minimum atomic E-state index is -0.685. The summed E-state index contributed by atoms with van der Waals surface area (Å²) in [5.74, 6) is -0.226. The minimum absolute atomic E-state index is 0.00926. The zero-order valence-electron chi connectivity index (χ0n) is 47.0. The van der Waals surface area contributed by atoms with Gasteiger partial charge in [0.1, 0.15) is 96.5 Å². The van der Waals surface area contributed by atoms with Gasteiger partial charge in [0.2, 0.25) is 0 Å². The third kappa shape index (κ3) is 28.2. The van der Waals surface area contributed by atoms with E-state index < -0.39 is 64.6 Å². The SMILES string of the molecule is COC(=O)c1cc(OCCNC(=O)c2cc(OCCNC(=O)OC(C)(C)C)cc(OCCNC(=O)OC(C)(C)C)c2)cc(OCCNC(=O)c2cc(OCCNC(=O)OC(C)(C)C)cc(OCCNC(=O)OC(C)(C)C)c2)c1. The Labute approximate surface area is 455 Å². The van der Waals surface area contributed by atoms with Crippen LogP contribution in [0.25, 0.3) is 0 Å². The second-order valence-corrected chi connectivity index (χ2v) is 20.9. The average molecular weight is 1100 g/mol. The van der Waals surface area contributed by atoms with Gasteiger partial charge in [-0.15, -0.1) is 0 Å². The van der Waals surface area contributed by atoms with Crippen molar-refractivity contribution in [3.8, 4) is 34.5 Å². The molecule has 0 unspecified atom stereocenters. The van der Waals surface area contributed by atoms with Gasteiger partial charge in [-0.05, 0) is 119 Å². The van der Waals surface area contributed by atoms with Crippen LogP contribution in [0.1, 0.15) is 114 Å². The Morgan fingerprint density at radius 2 is 0.526 bits per heavy atom. The molecule has 432 valence electrons. The molecule has 0 aromatic heterocycles. The van der Waals surface area contributed by atoms with E-state index in [0.29, 0.717) is 0 Å². The molecule has 0 spiro atoms. The van der Waals surface area contributed by atoms with Gasteiger partial charge < -0.3 is 84.0 Å². The molecule has 6 amide bonds. The highest BCUT2D eigenvalue weighted by molar-refractivity contribution is 5.95. The third-order valence-corrected chi connectivity index (χ3v) is 9.05. The van der Waals surface area contributed by atoms with Crippen LogP contribution in [0.4, 0.5) is 19.2 Å². The smallest absolute Gasteiger partial charge is 0.407 e. The van der Waals surface area contributed by atoms with Gasteiger partial charge in [0, 0.05) is 29.3 Å². The molecule has 0 aliphatic heterocycles. The van der Waals surface area contributed by atoms with Gasteiger partial charge in [-0.3, -0.25) is 9.59 Å². The van der Waals surface area contributed by atoms with Crippen molar-refractivity contribution in [3.63, 3.8) is 0 Å². The Bertz CT molecular complexity index is 2210. The van der Waals surface area contributed by atoms with E-state index in [1.54, 1.807) is 95.2 Å². The molecule has 0 saturated heterocycles. The molecule has 0 aliphatic carbocycles. The summed E-state index contributed by atoms with van der Waals surface area (Å²) in [7, 11) is 1.22. The molecule has 3 rings (SSSR count). The van der Waals surface area contributed by atoms with Crippen LogP contribution in [0.3, 0.4) is 0 Å². The summed E-state index contributed by atoms with van der Waals surface area (Å²) in [5.41, 5.74) is -2.30. The van der Waals surface area contributed by atoms with Crippen LogP contribution in [0.5, 0.6) is 34.5 Å². The van der Waals surface area contributed by atoms with Gasteiger partial charge in [-0.25, -0.2) is 24.0 Å². The number of methoxy groups -OCH3 is 1. The molecule has 0 bridgehead atoms. The van der Waals surface area contributed by atoms with Gasteiger partial charge in [-0.1, -0.05) is 0 Å². The Hall–Kier alpha value is -8.05. The zero-order chi connectivity index (χ0) is 58.1. The second-order valence-electron chi connectivity index (χ2n) is 20.9. The van der Waals surface area contributed by atoms with E-state index in [9.17, 15) is 33.6 Å². The van der Waals surface area contributed by atoms with Crippen LogP contribution >= 0.6 is 0 Å². The monoisotopic (exact) mass is 1100 g/mol. The van der Waals surface area contributed by atoms with Crippen LogP contribution < -0.4 is 60.3 Å². The van der Waals surface area contributed by atoms with Crippen molar-refractivity contribution >= 4 is 42.2 Å². The molecule has 24 heteroatoms. The maximum Gasteiger partial charge on any atom is 0.407 e. The molecular weight excluding hydrogens is 1020 g/mol. The lowest BCUT2D eigenvalue weighted by Crippen LogP contribution is -2.34. The van der Waals surface area contributed by atoms with Crippen molar-refractivity contribution in [2.24, 2.45) is 0 Å². The van der Waals surface area contributed by atoms with E-state index in [0.717, 1.165) is 0 Å². The summed E-state index contributed by atoms with van der Waals surface area (Å²) in [6, 6.07) is 13.5. The highest BCUT2D eigenvalue weighted by Gasteiger charge is 2.20. The fourth-order valence-electron chi connectivity index (χ4n) is 6.13. The number of esters is 1. The standard InChI is InChI=1S/C54H78N6O18/c1-51(2,3)75-47(64)57-16-22-71-38-26-35(27-39(32-38)72-23-17-58-48(65)76-52(4,5)6)44(61)55-14-20-69-42-30-37(46(63)68-13)31-43(34-42)70-21-15-56-45(62)36-28-40(73-24-18-59-49(66)77-53(7,8)9)33-41(29-36)74-25-19-60-50(67)78-54(10,11)12/h26-34H,14-25H2,1-13H3,(H,55,61)(H,56,62)(H,57,64)(H,58,65)(H,59,66)(H,60,67). The first-order chi connectivity index (χ1) is 36.5. The van der Waals surface area contributed by atoms with Gasteiger partial charge in [0.15, 0.2) is 0 Å². The summed E-state index contributed by atoms with van der Waals surface area (Å²) in [5, 5.41) is 16.0. The van der Waals surface area contributed by atoms with Gasteiger partial charge in [0.05, 0.1) is 51.9 Å². The summed E-state index contributed by atoms with van der Waals surface area (Å²) in [4.78, 5) is 88.0. The predicted molar refractivity (Wildman–Crippen MR) is 285 cm³/mol. The predicted octanol–water partition coefficient (Wildman–Crippen LogP) is 6.70. The highest BCUT2D eigenvalue weighted by atomic mass is 16.6. The molecule has 0 radical (unpaired) electrons. The average Bonchev–Trinajstić information content (AvgIpc) is 3.32. The van der Waals surface area contributed by atoms with Crippen LogP contribution in [-0.2, 0) is 23.7 Å². The lowest BCUT2D eigenvalue weighted by molar-refractivity contribution is 0.0508. The van der Waals surface area contributed by atoms with E-state index >= 15 is 0 Å². The zero-order valence-corrected chi connectivity index (χ0v) is 47.0. The number of nitrogens with one attached hydrogen (secondary N) is 6. The molecular formula is C54H78N6O18. The van der Waals surface area contributed by atoms with E-state index in [4.69, 9.17) is 52.1 Å². The Balaban J connectivity index is 1.64. The lowest BCUT2D eigenvalue weighted by Gasteiger charge is -2.20. The first-order valence-electron chi connectivity index (χ1n) is 25.2. The number of alkyl carbamates (subject to hydrolysis) is 4. The van der Waals surface area contributed by atoms with Gasteiger partial charge >= 0.3 is 30.3 Å². The minimum Gasteiger partial charge on any atom is -0.492 e. The highest BCUT2D eigenvalue weighted by Crippen LogP contribution is 2.26. The Morgan fingerprint density at radius 3 is 0.731 bits per heavy atom. The van der Waals surface area contributed by atoms with Crippen molar-refractivity contribution in [1.29, 1.82) is 0 Å². The van der Waals surface area contributed by atoms with Crippen molar-refractivity contribution < 1.29 is 85.7 Å². The summed E-state index contributed by atoms with van der Waals surface area (Å²) in [6.45, 7) is 21.4.